The molecule has 0 heterocycles. The average molecular weight is 299 g/mol. The summed E-state index contributed by atoms with van der Waals surface area (Å²) in [6.45, 7) is 4.15. The molecule has 1 aliphatic carbocycles. The molecule has 1 aliphatic rings. The number of carbonyl (C=O) groups excluding carboxylic acids is 2. The molecule has 0 aromatic heterocycles. The van der Waals surface area contributed by atoms with Crippen molar-refractivity contribution in [2.24, 2.45) is 0 Å². The summed E-state index contributed by atoms with van der Waals surface area (Å²) in [6.07, 6.45) is 7.19. The lowest BCUT2D eigenvalue weighted by atomic mass is 9.90. The van der Waals surface area contributed by atoms with Gasteiger partial charge < -0.3 is 0 Å². The number of halogens is 1. The van der Waals surface area contributed by atoms with E-state index >= 15 is 0 Å². The van der Waals surface area contributed by atoms with Crippen molar-refractivity contribution in [3.05, 3.63) is 21.7 Å². The van der Waals surface area contributed by atoms with E-state index in [0.717, 1.165) is 30.2 Å². The third kappa shape index (κ3) is 3.63. The highest BCUT2D eigenvalue weighted by Crippen LogP contribution is 2.28. The smallest absolute Gasteiger partial charge is 0.230 e. The largest absolute Gasteiger partial charge is 0.285 e. The van der Waals surface area contributed by atoms with E-state index in [1.165, 1.54) is 0 Å². The van der Waals surface area contributed by atoms with Crippen LogP contribution in [0.3, 0.4) is 0 Å². The minimum absolute atomic E-state index is 0.298. The first-order valence-corrected chi connectivity index (χ1v) is 7.09. The van der Waals surface area contributed by atoms with Crippen LogP contribution in [0, 0.1) is 0 Å². The van der Waals surface area contributed by atoms with Crippen molar-refractivity contribution in [1.29, 1.82) is 0 Å². The van der Waals surface area contributed by atoms with E-state index in [-0.39, 0.29) is 11.6 Å². The maximum Gasteiger partial charge on any atom is 0.230 e. The van der Waals surface area contributed by atoms with Crippen molar-refractivity contribution in [2.45, 2.75) is 52.4 Å². The van der Waals surface area contributed by atoms with Crippen LogP contribution in [-0.4, -0.2) is 11.6 Å². The summed E-state index contributed by atoms with van der Waals surface area (Å²) in [5.74, 6) is -0.605. The van der Waals surface area contributed by atoms with Gasteiger partial charge >= 0.3 is 0 Å². The van der Waals surface area contributed by atoms with Crippen LogP contribution in [0.15, 0.2) is 21.7 Å². The van der Waals surface area contributed by atoms with Gasteiger partial charge in [-0.3, -0.25) is 9.59 Å². The molecule has 1 rings (SSSR count). The van der Waals surface area contributed by atoms with Crippen molar-refractivity contribution in [2.75, 3.05) is 0 Å². The Balaban J connectivity index is 2.87. The number of allylic oxidation sites excluding steroid dienone is 4. The minimum atomic E-state index is -0.307. The third-order valence-corrected chi connectivity index (χ3v) is 3.65. The summed E-state index contributed by atoms with van der Waals surface area (Å²) >= 11 is 3.42. The van der Waals surface area contributed by atoms with Gasteiger partial charge in [0.2, 0.25) is 11.6 Å². The third-order valence-electron chi connectivity index (χ3n) is 2.94. The molecule has 94 valence electrons. The van der Waals surface area contributed by atoms with E-state index in [2.05, 4.69) is 29.8 Å². The molecule has 0 radical (unpaired) electrons. The second kappa shape index (κ2) is 6.90. The Morgan fingerprint density at radius 3 is 2.18 bits per heavy atom. The molecule has 3 heteroatoms. The number of Topliss-reactive ketones (excluding diaryl/α,β-unsaturated/α-hetero) is 2. The van der Waals surface area contributed by atoms with Gasteiger partial charge in [0.15, 0.2) is 0 Å². The fourth-order valence-corrected chi connectivity index (χ4v) is 2.49. The zero-order chi connectivity index (χ0) is 12.8. The molecular formula is C14H19BrO2. The molecule has 0 atom stereocenters. The fourth-order valence-electron chi connectivity index (χ4n) is 1.84. The van der Waals surface area contributed by atoms with Crippen LogP contribution >= 0.6 is 15.9 Å². The van der Waals surface area contributed by atoms with E-state index in [9.17, 15) is 9.59 Å². The van der Waals surface area contributed by atoms with Gasteiger partial charge in [0, 0.05) is 15.6 Å². The van der Waals surface area contributed by atoms with Crippen molar-refractivity contribution in [1.82, 2.24) is 0 Å². The van der Waals surface area contributed by atoms with Crippen molar-refractivity contribution >= 4 is 27.5 Å². The summed E-state index contributed by atoms with van der Waals surface area (Å²) < 4.78 is 0.807. The van der Waals surface area contributed by atoms with Gasteiger partial charge in [-0.05, 0) is 31.8 Å². The van der Waals surface area contributed by atoms with Gasteiger partial charge in [0.1, 0.15) is 0 Å². The Kier molecular flexibility index (Phi) is 5.83. The maximum atomic E-state index is 11.9. The zero-order valence-corrected chi connectivity index (χ0v) is 12.1. The normalized spacial score (nSPS) is 16.5. The Hall–Kier alpha value is -0.700. The van der Waals surface area contributed by atoms with E-state index in [1.807, 2.05) is 6.08 Å². The molecule has 0 unspecified atom stereocenters. The molecule has 0 aliphatic heterocycles. The minimum Gasteiger partial charge on any atom is -0.285 e. The molecule has 0 fully saturated rings. The highest BCUT2D eigenvalue weighted by molar-refractivity contribution is 9.12. The molecule has 0 spiro atoms. The van der Waals surface area contributed by atoms with Crippen LogP contribution < -0.4 is 0 Å². The van der Waals surface area contributed by atoms with Crippen molar-refractivity contribution < 1.29 is 9.59 Å². The van der Waals surface area contributed by atoms with Crippen LogP contribution in [0.5, 0.6) is 0 Å². The summed E-state index contributed by atoms with van der Waals surface area (Å²) in [5, 5.41) is 0. The van der Waals surface area contributed by atoms with Crippen LogP contribution in [0.2, 0.25) is 0 Å². The SMILES string of the molecule is CCCCC1=CC(Br)=C(CCCC)C(=O)C1=O. The molecular weight excluding hydrogens is 280 g/mol. The Labute approximate surface area is 111 Å². The second-order valence-electron chi connectivity index (χ2n) is 4.36. The Bertz CT molecular complexity index is 378. The van der Waals surface area contributed by atoms with Crippen LogP contribution in [0.4, 0.5) is 0 Å². The predicted octanol–water partition coefficient (Wildman–Crippen LogP) is 4.09. The molecule has 0 bridgehead atoms. The van der Waals surface area contributed by atoms with E-state index < -0.39 is 0 Å². The molecule has 0 aromatic rings. The summed E-state index contributed by atoms with van der Waals surface area (Å²) in [4.78, 5) is 23.8. The highest BCUT2D eigenvalue weighted by Gasteiger charge is 2.27. The van der Waals surface area contributed by atoms with Crippen LogP contribution in [-0.2, 0) is 9.59 Å². The Morgan fingerprint density at radius 2 is 1.59 bits per heavy atom. The number of unbranched alkanes of at least 4 members (excludes halogenated alkanes) is 2. The number of hydrogen-bond donors (Lipinski definition) is 0. The molecule has 2 nitrogen and oxygen atoms in total. The average Bonchev–Trinajstić information content (AvgIpc) is 2.32. The quantitative estimate of drug-likeness (QED) is 0.547. The van der Waals surface area contributed by atoms with Gasteiger partial charge in [-0.15, -0.1) is 0 Å². The first-order valence-electron chi connectivity index (χ1n) is 6.30. The van der Waals surface area contributed by atoms with Crippen molar-refractivity contribution in [3.8, 4) is 0 Å². The number of hydrogen-bond acceptors (Lipinski definition) is 2. The van der Waals surface area contributed by atoms with E-state index in [4.69, 9.17) is 0 Å². The molecule has 0 amide bonds. The highest BCUT2D eigenvalue weighted by atomic mass is 79.9. The molecule has 0 saturated heterocycles. The molecule has 0 aromatic carbocycles. The van der Waals surface area contributed by atoms with E-state index in [1.54, 1.807) is 0 Å². The van der Waals surface area contributed by atoms with Gasteiger partial charge in [-0.2, -0.15) is 0 Å². The predicted molar refractivity (Wildman–Crippen MR) is 73.1 cm³/mol. The van der Waals surface area contributed by atoms with Gasteiger partial charge in [-0.25, -0.2) is 0 Å². The van der Waals surface area contributed by atoms with Gasteiger partial charge in [0.25, 0.3) is 0 Å². The van der Waals surface area contributed by atoms with Crippen LogP contribution in [0.25, 0.3) is 0 Å². The molecule has 0 saturated carbocycles. The van der Waals surface area contributed by atoms with Crippen molar-refractivity contribution in [3.63, 3.8) is 0 Å². The Morgan fingerprint density at radius 1 is 1.00 bits per heavy atom. The summed E-state index contributed by atoms with van der Waals surface area (Å²) in [5.41, 5.74) is 1.31. The number of rotatable bonds is 6. The standard InChI is InChI=1S/C14H19BrO2/c1-3-5-7-10-9-12(15)11(8-6-4-2)14(17)13(10)16/h9H,3-8H2,1-2H3. The van der Waals surface area contributed by atoms with Gasteiger partial charge in [-0.1, -0.05) is 42.6 Å². The summed E-state index contributed by atoms with van der Waals surface area (Å²) in [6, 6.07) is 0. The van der Waals surface area contributed by atoms with E-state index in [0.29, 0.717) is 24.0 Å². The lowest BCUT2D eigenvalue weighted by Gasteiger charge is -2.15. The lowest BCUT2D eigenvalue weighted by molar-refractivity contribution is -0.132. The zero-order valence-electron chi connectivity index (χ0n) is 10.5. The van der Waals surface area contributed by atoms with Crippen LogP contribution in [0.1, 0.15) is 52.4 Å². The second-order valence-corrected chi connectivity index (χ2v) is 5.22. The monoisotopic (exact) mass is 298 g/mol. The van der Waals surface area contributed by atoms with Gasteiger partial charge in [0.05, 0.1) is 0 Å². The molecule has 0 N–H and O–H groups in total. The maximum absolute atomic E-state index is 11.9. The topological polar surface area (TPSA) is 34.1 Å². The fraction of sp³-hybridized carbons (Fsp3) is 0.571. The first kappa shape index (κ1) is 14.4. The number of ketones is 2. The summed E-state index contributed by atoms with van der Waals surface area (Å²) in [7, 11) is 0. The molecule has 17 heavy (non-hydrogen) atoms. The number of carbonyl (C=O) groups is 2. The first-order chi connectivity index (χ1) is 8.11. The lowest BCUT2D eigenvalue weighted by Crippen LogP contribution is -2.22.